The number of piperidine rings is 1. The number of rotatable bonds is 6. The van der Waals surface area contributed by atoms with E-state index in [1.807, 2.05) is 6.07 Å². The molecule has 0 amide bonds. The van der Waals surface area contributed by atoms with Crippen LogP contribution in [0.3, 0.4) is 0 Å². The number of hydrogen-bond donors (Lipinski definition) is 2. The number of nitrogens with zero attached hydrogens (tertiary/aromatic N) is 3. The summed E-state index contributed by atoms with van der Waals surface area (Å²) in [7, 11) is 1.80. The van der Waals surface area contributed by atoms with Crippen molar-refractivity contribution in [1.82, 2.24) is 20.7 Å². The second-order valence-electron chi connectivity index (χ2n) is 6.74. The van der Waals surface area contributed by atoms with Gasteiger partial charge in [0.15, 0.2) is 11.7 Å². The summed E-state index contributed by atoms with van der Waals surface area (Å²) in [6.07, 6.45) is 3.13. The van der Waals surface area contributed by atoms with Crippen LogP contribution in [0.25, 0.3) is 0 Å². The van der Waals surface area contributed by atoms with Crippen molar-refractivity contribution in [2.45, 2.75) is 45.3 Å². The van der Waals surface area contributed by atoms with Gasteiger partial charge in [0, 0.05) is 38.8 Å². The van der Waals surface area contributed by atoms with E-state index in [1.54, 1.807) is 7.05 Å². The van der Waals surface area contributed by atoms with Crippen LogP contribution in [-0.2, 0) is 19.5 Å². The molecule has 0 unspecified atom stereocenters. The monoisotopic (exact) mass is 355 g/mol. The van der Waals surface area contributed by atoms with Crippen LogP contribution in [0.4, 0.5) is 0 Å². The Hall–Kier alpha value is -2.34. The molecule has 0 bridgehead atoms. The number of benzene rings is 1. The van der Waals surface area contributed by atoms with E-state index in [0.29, 0.717) is 12.6 Å². The zero-order chi connectivity index (χ0) is 18.2. The standard InChI is InChI=1S/C20H29N5O/c1-3-17-13-19(26-24-17)14-22-20(21-2)23-18-9-11-25(12-10-18)15-16-7-5-4-6-8-16/h4-8,13,18H,3,9-12,14-15H2,1-2H3,(H2,21,22,23). The fraction of sp³-hybridized carbons (Fsp3) is 0.500. The Morgan fingerprint density at radius 1 is 1.27 bits per heavy atom. The molecule has 26 heavy (non-hydrogen) atoms. The zero-order valence-corrected chi connectivity index (χ0v) is 15.7. The minimum Gasteiger partial charge on any atom is -0.359 e. The molecule has 3 rings (SSSR count). The number of aliphatic imine (C=N–C) groups is 1. The van der Waals surface area contributed by atoms with Gasteiger partial charge in [-0.3, -0.25) is 9.89 Å². The summed E-state index contributed by atoms with van der Waals surface area (Å²) >= 11 is 0. The van der Waals surface area contributed by atoms with Crippen LogP contribution in [0, 0.1) is 0 Å². The Labute approximate surface area is 155 Å². The lowest BCUT2D eigenvalue weighted by atomic mass is 10.0. The highest BCUT2D eigenvalue weighted by Gasteiger charge is 2.20. The first-order valence-corrected chi connectivity index (χ1v) is 9.44. The van der Waals surface area contributed by atoms with Gasteiger partial charge < -0.3 is 15.2 Å². The predicted molar refractivity (Wildman–Crippen MR) is 104 cm³/mol. The van der Waals surface area contributed by atoms with E-state index in [1.165, 1.54) is 5.56 Å². The third-order valence-electron chi connectivity index (χ3n) is 4.80. The number of hydrogen-bond acceptors (Lipinski definition) is 4. The summed E-state index contributed by atoms with van der Waals surface area (Å²) in [5, 5.41) is 10.9. The summed E-state index contributed by atoms with van der Waals surface area (Å²) in [5.41, 5.74) is 2.37. The summed E-state index contributed by atoms with van der Waals surface area (Å²) in [6.45, 7) is 5.90. The molecule has 2 aromatic rings. The molecule has 1 saturated heterocycles. The van der Waals surface area contributed by atoms with Gasteiger partial charge in [0.05, 0.1) is 12.2 Å². The summed E-state index contributed by atoms with van der Waals surface area (Å²) in [5.74, 6) is 1.66. The first kappa shape index (κ1) is 18.5. The Morgan fingerprint density at radius 2 is 2.04 bits per heavy atom. The molecule has 0 spiro atoms. The maximum atomic E-state index is 5.31. The highest BCUT2D eigenvalue weighted by Crippen LogP contribution is 2.14. The van der Waals surface area contributed by atoms with Crippen molar-refractivity contribution >= 4 is 5.96 Å². The lowest BCUT2D eigenvalue weighted by Gasteiger charge is -2.33. The van der Waals surface area contributed by atoms with E-state index in [0.717, 1.165) is 56.3 Å². The van der Waals surface area contributed by atoms with E-state index in [4.69, 9.17) is 4.52 Å². The van der Waals surface area contributed by atoms with Crippen molar-refractivity contribution in [2.24, 2.45) is 4.99 Å². The molecule has 1 fully saturated rings. The van der Waals surface area contributed by atoms with Gasteiger partial charge in [0.25, 0.3) is 0 Å². The topological polar surface area (TPSA) is 65.7 Å². The van der Waals surface area contributed by atoms with Gasteiger partial charge in [-0.2, -0.15) is 0 Å². The van der Waals surface area contributed by atoms with Gasteiger partial charge in [-0.15, -0.1) is 0 Å². The Morgan fingerprint density at radius 3 is 2.69 bits per heavy atom. The van der Waals surface area contributed by atoms with E-state index < -0.39 is 0 Å². The predicted octanol–water partition coefficient (Wildman–Crippen LogP) is 2.57. The van der Waals surface area contributed by atoms with E-state index in [-0.39, 0.29) is 0 Å². The van der Waals surface area contributed by atoms with Crippen LogP contribution in [0.5, 0.6) is 0 Å². The molecule has 140 valence electrons. The van der Waals surface area contributed by atoms with Gasteiger partial charge in [-0.1, -0.05) is 42.4 Å². The van der Waals surface area contributed by atoms with Crippen LogP contribution in [-0.4, -0.2) is 42.2 Å². The fourth-order valence-corrected chi connectivity index (χ4v) is 3.24. The normalized spacial score (nSPS) is 16.6. The van der Waals surface area contributed by atoms with Gasteiger partial charge in [0.1, 0.15) is 0 Å². The third kappa shape index (κ3) is 5.33. The van der Waals surface area contributed by atoms with Crippen LogP contribution < -0.4 is 10.6 Å². The van der Waals surface area contributed by atoms with Crippen molar-refractivity contribution in [1.29, 1.82) is 0 Å². The molecule has 1 aliphatic heterocycles. The number of aromatic nitrogens is 1. The van der Waals surface area contributed by atoms with Crippen molar-refractivity contribution in [2.75, 3.05) is 20.1 Å². The highest BCUT2D eigenvalue weighted by atomic mass is 16.5. The summed E-state index contributed by atoms with van der Waals surface area (Å²) in [4.78, 5) is 6.85. The lowest BCUT2D eigenvalue weighted by Crippen LogP contribution is -2.48. The van der Waals surface area contributed by atoms with Crippen molar-refractivity contribution in [3.63, 3.8) is 0 Å². The Kier molecular flexibility index (Phi) is 6.66. The van der Waals surface area contributed by atoms with Gasteiger partial charge >= 0.3 is 0 Å². The molecule has 0 atom stereocenters. The molecule has 6 nitrogen and oxygen atoms in total. The molecule has 1 aliphatic rings. The number of likely N-dealkylation sites (tertiary alicyclic amines) is 1. The highest BCUT2D eigenvalue weighted by molar-refractivity contribution is 5.79. The molecule has 2 heterocycles. The molecular weight excluding hydrogens is 326 g/mol. The first-order chi connectivity index (χ1) is 12.8. The quantitative estimate of drug-likeness (QED) is 0.616. The van der Waals surface area contributed by atoms with E-state index in [9.17, 15) is 0 Å². The van der Waals surface area contributed by atoms with Crippen LogP contribution in [0.1, 0.15) is 36.8 Å². The molecule has 1 aromatic heterocycles. The second-order valence-corrected chi connectivity index (χ2v) is 6.74. The number of aryl methyl sites for hydroxylation is 1. The molecule has 1 aromatic carbocycles. The van der Waals surface area contributed by atoms with Crippen LogP contribution in [0.15, 0.2) is 45.9 Å². The molecule has 0 aliphatic carbocycles. The van der Waals surface area contributed by atoms with Crippen molar-refractivity contribution in [3.8, 4) is 0 Å². The minimum atomic E-state index is 0.453. The lowest BCUT2D eigenvalue weighted by molar-refractivity contribution is 0.198. The Balaban J connectivity index is 1.41. The van der Waals surface area contributed by atoms with Crippen LogP contribution >= 0.6 is 0 Å². The molecule has 0 saturated carbocycles. The van der Waals surface area contributed by atoms with Crippen molar-refractivity contribution in [3.05, 3.63) is 53.4 Å². The fourth-order valence-electron chi connectivity index (χ4n) is 3.24. The van der Waals surface area contributed by atoms with Gasteiger partial charge in [-0.25, -0.2) is 0 Å². The largest absolute Gasteiger partial charge is 0.359 e. The maximum Gasteiger partial charge on any atom is 0.191 e. The molecule has 6 heteroatoms. The molecule has 0 radical (unpaired) electrons. The van der Waals surface area contributed by atoms with E-state index >= 15 is 0 Å². The molecular formula is C20H29N5O. The summed E-state index contributed by atoms with van der Waals surface area (Å²) in [6, 6.07) is 13.1. The number of guanidine groups is 1. The second kappa shape index (κ2) is 9.38. The van der Waals surface area contributed by atoms with Crippen LogP contribution in [0.2, 0.25) is 0 Å². The summed E-state index contributed by atoms with van der Waals surface area (Å²) < 4.78 is 5.31. The number of nitrogens with one attached hydrogen (secondary N) is 2. The van der Waals surface area contributed by atoms with Gasteiger partial charge in [-0.05, 0) is 24.8 Å². The van der Waals surface area contributed by atoms with Gasteiger partial charge in [0.2, 0.25) is 0 Å². The minimum absolute atomic E-state index is 0.453. The van der Waals surface area contributed by atoms with Crippen molar-refractivity contribution < 1.29 is 4.52 Å². The third-order valence-corrected chi connectivity index (χ3v) is 4.80. The average Bonchev–Trinajstić information content (AvgIpc) is 3.15. The smallest absolute Gasteiger partial charge is 0.191 e. The SMILES string of the molecule is CCc1cc(CNC(=NC)NC2CCN(Cc3ccccc3)CC2)on1. The van der Waals surface area contributed by atoms with E-state index in [2.05, 4.69) is 62.9 Å². The zero-order valence-electron chi connectivity index (χ0n) is 15.7. The Bertz CT molecular complexity index is 689. The maximum absolute atomic E-state index is 5.31. The molecule has 2 N–H and O–H groups in total. The average molecular weight is 355 g/mol. The first-order valence-electron chi connectivity index (χ1n) is 9.44.